The molecule has 0 fully saturated rings. The van der Waals surface area contributed by atoms with Crippen LogP contribution in [-0.4, -0.2) is 13.5 Å². The number of nitrogens with one attached hydrogen (secondary N) is 1. The second kappa shape index (κ2) is 9.92. The Hall–Kier alpha value is -2.09. The molecular formula is C17H23FN4OS. The zero-order chi connectivity index (χ0) is 18.1. The molecule has 5 nitrogen and oxygen atoms in total. The van der Waals surface area contributed by atoms with E-state index in [4.69, 9.17) is 10.6 Å². The standard InChI is InChI=1S/C16H19FN2S.CH4N2O/c1-11-6-4-9-15(19(3)18)16(11)20-10-13-7-5-8-14(17)12(13)2;2-3-1-4/h4-9H,10,18H2,1-3H3;1H,2H2,(H,3,4). The molecule has 0 unspecified atom stereocenters. The maximum absolute atomic E-state index is 13.6. The zero-order valence-electron chi connectivity index (χ0n) is 14.0. The molecule has 0 saturated carbocycles. The van der Waals surface area contributed by atoms with Crippen molar-refractivity contribution < 1.29 is 9.18 Å². The Kier molecular flexibility index (Phi) is 8.25. The second-order valence-corrected chi connectivity index (χ2v) is 6.12. The quantitative estimate of drug-likeness (QED) is 0.254. The Bertz CT molecular complexity index is 680. The van der Waals surface area contributed by atoms with Gasteiger partial charge in [-0.2, -0.15) is 0 Å². The second-order valence-electron chi connectivity index (χ2n) is 5.13. The molecule has 0 atom stereocenters. The minimum atomic E-state index is -0.149. The van der Waals surface area contributed by atoms with Crippen molar-refractivity contribution in [2.75, 3.05) is 12.1 Å². The molecule has 0 radical (unpaired) electrons. The number of rotatable bonds is 5. The van der Waals surface area contributed by atoms with Crippen LogP contribution in [0.1, 0.15) is 16.7 Å². The van der Waals surface area contributed by atoms with E-state index in [9.17, 15) is 4.39 Å². The molecule has 5 N–H and O–H groups in total. The lowest BCUT2D eigenvalue weighted by atomic mass is 10.1. The van der Waals surface area contributed by atoms with Crippen LogP contribution in [0.2, 0.25) is 0 Å². The molecule has 2 aromatic carbocycles. The van der Waals surface area contributed by atoms with E-state index in [2.05, 4.69) is 18.8 Å². The lowest BCUT2D eigenvalue weighted by Gasteiger charge is -2.18. The van der Waals surface area contributed by atoms with Crippen LogP contribution in [0.3, 0.4) is 0 Å². The Morgan fingerprint density at radius 2 is 1.88 bits per heavy atom. The van der Waals surface area contributed by atoms with Crippen molar-refractivity contribution in [1.29, 1.82) is 0 Å². The van der Waals surface area contributed by atoms with Gasteiger partial charge in [-0.05, 0) is 42.7 Å². The molecule has 24 heavy (non-hydrogen) atoms. The molecule has 2 rings (SSSR count). The lowest BCUT2D eigenvalue weighted by Crippen LogP contribution is -2.25. The number of hydrogen-bond acceptors (Lipinski definition) is 5. The molecule has 0 aromatic heterocycles. The molecule has 0 heterocycles. The van der Waals surface area contributed by atoms with Crippen LogP contribution >= 0.6 is 11.8 Å². The van der Waals surface area contributed by atoms with Crippen LogP contribution in [0.5, 0.6) is 0 Å². The van der Waals surface area contributed by atoms with Crippen LogP contribution in [0.25, 0.3) is 0 Å². The number of aryl methyl sites for hydroxylation is 1. The molecule has 2 aromatic rings. The minimum Gasteiger partial charge on any atom is -0.313 e. The predicted molar refractivity (Wildman–Crippen MR) is 97.9 cm³/mol. The smallest absolute Gasteiger partial charge is 0.221 e. The highest BCUT2D eigenvalue weighted by molar-refractivity contribution is 7.98. The van der Waals surface area contributed by atoms with Gasteiger partial charge in [0.05, 0.1) is 5.69 Å². The van der Waals surface area contributed by atoms with E-state index in [0.29, 0.717) is 6.41 Å². The van der Waals surface area contributed by atoms with E-state index in [0.717, 1.165) is 27.5 Å². The predicted octanol–water partition coefficient (Wildman–Crippen LogP) is 2.65. The number of hydrazine groups is 2. The third-order valence-electron chi connectivity index (χ3n) is 3.39. The van der Waals surface area contributed by atoms with Gasteiger partial charge in [0.25, 0.3) is 0 Å². The van der Waals surface area contributed by atoms with Gasteiger partial charge in [-0.15, -0.1) is 11.8 Å². The minimum absolute atomic E-state index is 0.149. The summed E-state index contributed by atoms with van der Waals surface area (Å²) in [5, 5.41) is 1.62. The van der Waals surface area contributed by atoms with E-state index < -0.39 is 0 Å². The number of benzene rings is 2. The molecule has 0 aliphatic heterocycles. The number of hydrogen-bond donors (Lipinski definition) is 3. The summed E-state index contributed by atoms with van der Waals surface area (Å²) in [4.78, 5) is 10.1. The van der Waals surface area contributed by atoms with Gasteiger partial charge in [0.2, 0.25) is 6.41 Å². The van der Waals surface area contributed by atoms with Gasteiger partial charge in [-0.1, -0.05) is 24.3 Å². The number of nitrogens with two attached hydrogens (primary N) is 2. The van der Waals surface area contributed by atoms with Gasteiger partial charge in [0.15, 0.2) is 0 Å². The fourth-order valence-electron chi connectivity index (χ4n) is 2.06. The Labute approximate surface area is 146 Å². The molecule has 0 aliphatic rings. The molecule has 1 amide bonds. The van der Waals surface area contributed by atoms with E-state index >= 15 is 0 Å². The summed E-state index contributed by atoms with van der Waals surface area (Å²) in [5.74, 6) is 10.9. The maximum Gasteiger partial charge on any atom is 0.221 e. The zero-order valence-corrected chi connectivity index (χ0v) is 14.9. The van der Waals surface area contributed by atoms with Crippen molar-refractivity contribution >= 4 is 23.9 Å². The topological polar surface area (TPSA) is 84.4 Å². The highest BCUT2D eigenvalue weighted by atomic mass is 32.2. The number of thioether (sulfide) groups is 1. The average Bonchev–Trinajstić information content (AvgIpc) is 2.57. The molecule has 7 heteroatoms. The molecule has 0 spiro atoms. The first kappa shape index (κ1) is 20.0. The van der Waals surface area contributed by atoms with Crippen molar-refractivity contribution in [3.05, 3.63) is 58.9 Å². The van der Waals surface area contributed by atoms with Crippen molar-refractivity contribution in [3.63, 3.8) is 0 Å². The van der Waals surface area contributed by atoms with E-state index in [1.807, 2.05) is 32.2 Å². The van der Waals surface area contributed by atoms with Crippen LogP contribution in [-0.2, 0) is 10.5 Å². The van der Waals surface area contributed by atoms with E-state index in [-0.39, 0.29) is 5.82 Å². The SMILES string of the molecule is Cc1cccc(N(C)N)c1SCc1cccc(F)c1C.NNC=O. The van der Waals surface area contributed by atoms with Crippen LogP contribution in [0, 0.1) is 19.7 Å². The summed E-state index contributed by atoms with van der Waals surface area (Å²) >= 11 is 1.69. The van der Waals surface area contributed by atoms with Gasteiger partial charge in [-0.25, -0.2) is 16.1 Å². The summed E-state index contributed by atoms with van der Waals surface area (Å²) in [6.45, 7) is 3.88. The Morgan fingerprint density at radius 1 is 1.25 bits per heavy atom. The number of nitrogens with zero attached hydrogens (tertiary/aromatic N) is 1. The van der Waals surface area contributed by atoms with Crippen LogP contribution < -0.4 is 22.1 Å². The molecule has 130 valence electrons. The van der Waals surface area contributed by atoms with E-state index in [1.54, 1.807) is 28.3 Å². The fraction of sp³-hybridized carbons (Fsp3) is 0.235. The summed E-state index contributed by atoms with van der Waals surface area (Å²) < 4.78 is 13.6. The van der Waals surface area contributed by atoms with Crippen LogP contribution in [0.15, 0.2) is 41.3 Å². The van der Waals surface area contributed by atoms with Gasteiger partial charge < -0.3 is 5.01 Å². The van der Waals surface area contributed by atoms with Crippen molar-refractivity contribution in [2.24, 2.45) is 11.7 Å². The van der Waals surface area contributed by atoms with Gasteiger partial charge in [-0.3, -0.25) is 10.2 Å². The van der Waals surface area contributed by atoms with Gasteiger partial charge in [0, 0.05) is 17.7 Å². The van der Waals surface area contributed by atoms with Gasteiger partial charge in [0.1, 0.15) is 5.82 Å². The third-order valence-corrected chi connectivity index (χ3v) is 4.67. The van der Waals surface area contributed by atoms with Crippen molar-refractivity contribution in [2.45, 2.75) is 24.5 Å². The fourth-order valence-corrected chi connectivity index (χ4v) is 3.33. The first-order valence-corrected chi connectivity index (χ1v) is 8.25. The highest BCUT2D eigenvalue weighted by Gasteiger charge is 2.10. The third kappa shape index (κ3) is 5.52. The number of carbonyl (C=O) groups is 1. The normalized spacial score (nSPS) is 9.75. The Balaban J connectivity index is 0.000000648. The Morgan fingerprint density at radius 3 is 2.46 bits per heavy atom. The van der Waals surface area contributed by atoms with Gasteiger partial charge >= 0.3 is 0 Å². The summed E-state index contributed by atoms with van der Waals surface area (Å²) in [6.07, 6.45) is 0.403. The largest absolute Gasteiger partial charge is 0.313 e. The van der Waals surface area contributed by atoms with E-state index in [1.165, 1.54) is 11.6 Å². The molecule has 0 saturated heterocycles. The van der Waals surface area contributed by atoms with Crippen LogP contribution in [0.4, 0.5) is 10.1 Å². The monoisotopic (exact) mass is 350 g/mol. The summed E-state index contributed by atoms with van der Waals surface area (Å²) in [7, 11) is 1.83. The van der Waals surface area contributed by atoms with Crippen molar-refractivity contribution in [1.82, 2.24) is 5.43 Å². The first-order valence-electron chi connectivity index (χ1n) is 7.27. The molecule has 0 aliphatic carbocycles. The number of anilines is 1. The molecular weight excluding hydrogens is 327 g/mol. The highest BCUT2D eigenvalue weighted by Crippen LogP contribution is 2.34. The number of amides is 1. The summed E-state index contributed by atoms with van der Waals surface area (Å²) in [5.41, 5.74) is 5.66. The first-order chi connectivity index (χ1) is 11.4. The number of carbonyl (C=O) groups excluding carboxylic acids is 1. The number of halogens is 1. The summed E-state index contributed by atoms with van der Waals surface area (Å²) in [6, 6.07) is 11.3. The van der Waals surface area contributed by atoms with Crippen molar-refractivity contribution in [3.8, 4) is 0 Å². The average molecular weight is 350 g/mol. The lowest BCUT2D eigenvalue weighted by molar-refractivity contribution is -0.109. The molecule has 0 bridgehead atoms. The maximum atomic E-state index is 13.6.